The summed E-state index contributed by atoms with van der Waals surface area (Å²) in [5, 5.41) is 0.712. The van der Waals surface area contributed by atoms with Crippen molar-refractivity contribution in [2.24, 2.45) is 0 Å². The summed E-state index contributed by atoms with van der Waals surface area (Å²) < 4.78 is 31.7. The molecule has 1 aliphatic carbocycles. The van der Waals surface area contributed by atoms with Gasteiger partial charge in [0.15, 0.2) is 26.8 Å². The number of aryl methyl sites for hydroxylation is 1. The Labute approximate surface area is 173 Å². The zero-order valence-electron chi connectivity index (χ0n) is 16.1. The maximum atomic E-state index is 13.1. The highest BCUT2D eigenvalue weighted by Gasteiger charge is 2.37. The van der Waals surface area contributed by atoms with Crippen LogP contribution in [0.4, 0.5) is 0 Å². The number of aromatic nitrogens is 1. The molecule has 1 aliphatic rings. The van der Waals surface area contributed by atoms with Gasteiger partial charge in [-0.3, -0.25) is 9.59 Å². The number of fused-ring (bicyclic) bond motifs is 2. The number of halogens is 1. The predicted octanol–water partition coefficient (Wildman–Crippen LogP) is 3.27. The molecule has 1 heterocycles. The number of ketones is 1. The SMILES string of the molecule is COc1c(Cl)ccc2c(=O)c3ccc(C)cc3n(CC(=O)CS(=O)(=O)C3CC3)c12. The summed E-state index contributed by atoms with van der Waals surface area (Å²) in [5.74, 6) is -0.671. The molecule has 152 valence electrons. The topological polar surface area (TPSA) is 82.4 Å². The van der Waals surface area contributed by atoms with Crippen LogP contribution in [0.2, 0.25) is 5.02 Å². The molecule has 0 bridgehead atoms. The Bertz CT molecular complexity index is 1320. The standard InChI is InChI=1S/C21H20ClNO5S/c1-12-3-6-15-18(9-12)23(10-13(24)11-29(26,27)14-4-5-14)19-16(20(15)25)7-8-17(22)21(19)28-2/h3,6-9,14H,4-5,10-11H2,1-2H3. The van der Waals surface area contributed by atoms with Crippen molar-refractivity contribution >= 4 is 49.0 Å². The minimum atomic E-state index is -3.44. The van der Waals surface area contributed by atoms with E-state index < -0.39 is 26.6 Å². The highest BCUT2D eigenvalue weighted by Crippen LogP contribution is 2.34. The lowest BCUT2D eigenvalue weighted by Crippen LogP contribution is -2.24. The van der Waals surface area contributed by atoms with E-state index in [1.54, 1.807) is 28.8 Å². The Balaban J connectivity index is 1.97. The zero-order valence-corrected chi connectivity index (χ0v) is 17.6. The van der Waals surface area contributed by atoms with Crippen molar-refractivity contribution in [2.75, 3.05) is 12.9 Å². The van der Waals surface area contributed by atoms with E-state index in [0.29, 0.717) is 39.7 Å². The molecule has 8 heteroatoms. The van der Waals surface area contributed by atoms with Gasteiger partial charge in [0.1, 0.15) is 5.75 Å². The van der Waals surface area contributed by atoms with Gasteiger partial charge in [0, 0.05) is 5.39 Å². The number of nitrogens with zero attached hydrogens (tertiary/aromatic N) is 1. The fraction of sp³-hybridized carbons (Fsp3) is 0.333. The van der Waals surface area contributed by atoms with E-state index in [1.807, 2.05) is 13.0 Å². The number of hydrogen-bond acceptors (Lipinski definition) is 5. The summed E-state index contributed by atoms with van der Waals surface area (Å²) in [4.78, 5) is 25.8. The van der Waals surface area contributed by atoms with Gasteiger partial charge in [-0.15, -0.1) is 0 Å². The Kier molecular flexibility index (Phi) is 4.91. The number of Topliss-reactive ketones (excluding diaryl/α,β-unsaturated/α-hetero) is 1. The van der Waals surface area contributed by atoms with Crippen LogP contribution < -0.4 is 10.2 Å². The van der Waals surface area contributed by atoms with Crippen LogP contribution in [0.3, 0.4) is 0 Å². The van der Waals surface area contributed by atoms with Crippen LogP contribution in [0.25, 0.3) is 21.8 Å². The van der Waals surface area contributed by atoms with Crippen molar-refractivity contribution in [1.29, 1.82) is 0 Å². The highest BCUT2D eigenvalue weighted by molar-refractivity contribution is 7.93. The predicted molar refractivity (Wildman–Crippen MR) is 114 cm³/mol. The summed E-state index contributed by atoms with van der Waals surface area (Å²) in [6.07, 6.45) is 1.23. The van der Waals surface area contributed by atoms with Crippen molar-refractivity contribution in [3.05, 3.63) is 51.1 Å². The molecule has 6 nitrogen and oxygen atoms in total. The first-order chi connectivity index (χ1) is 13.7. The molecule has 29 heavy (non-hydrogen) atoms. The number of methoxy groups -OCH3 is 1. The monoisotopic (exact) mass is 433 g/mol. The van der Waals surface area contributed by atoms with Gasteiger partial charge in [0.05, 0.1) is 40.3 Å². The van der Waals surface area contributed by atoms with Crippen LogP contribution in [-0.2, 0) is 21.2 Å². The molecule has 0 saturated heterocycles. The third-order valence-corrected chi connectivity index (χ3v) is 7.73. The molecule has 0 radical (unpaired) electrons. The first-order valence-corrected chi connectivity index (χ1v) is 11.3. The van der Waals surface area contributed by atoms with Crippen molar-refractivity contribution in [3.8, 4) is 5.75 Å². The lowest BCUT2D eigenvalue weighted by Gasteiger charge is -2.18. The van der Waals surface area contributed by atoms with Crippen LogP contribution in [0.15, 0.2) is 35.1 Å². The Morgan fingerprint density at radius 3 is 2.55 bits per heavy atom. The van der Waals surface area contributed by atoms with Gasteiger partial charge < -0.3 is 9.30 Å². The maximum absolute atomic E-state index is 13.1. The molecule has 0 unspecified atom stereocenters. The molecule has 0 spiro atoms. The van der Waals surface area contributed by atoms with Crippen molar-refractivity contribution < 1.29 is 17.9 Å². The quantitative estimate of drug-likeness (QED) is 0.557. The average molecular weight is 434 g/mol. The Morgan fingerprint density at radius 2 is 1.90 bits per heavy atom. The molecule has 1 fully saturated rings. The normalized spacial score (nSPS) is 14.4. The van der Waals surface area contributed by atoms with Crippen LogP contribution in [0.5, 0.6) is 5.75 Å². The molecule has 2 aromatic carbocycles. The second-order valence-electron chi connectivity index (χ2n) is 7.46. The molecule has 4 rings (SSSR count). The van der Waals surface area contributed by atoms with E-state index in [9.17, 15) is 18.0 Å². The molecule has 0 atom stereocenters. The average Bonchev–Trinajstić information content (AvgIpc) is 3.50. The third-order valence-electron chi connectivity index (χ3n) is 5.22. The first kappa shape index (κ1) is 19.9. The summed E-state index contributed by atoms with van der Waals surface area (Å²) in [6, 6.07) is 8.53. The molecular weight excluding hydrogens is 414 g/mol. The van der Waals surface area contributed by atoms with Gasteiger partial charge in [0.2, 0.25) is 0 Å². The number of benzene rings is 2. The van der Waals surface area contributed by atoms with Crippen LogP contribution in [0, 0.1) is 6.92 Å². The smallest absolute Gasteiger partial charge is 0.197 e. The lowest BCUT2D eigenvalue weighted by molar-refractivity contribution is -0.117. The highest BCUT2D eigenvalue weighted by atomic mass is 35.5. The minimum absolute atomic E-state index is 0.195. The number of hydrogen-bond donors (Lipinski definition) is 0. The molecule has 3 aromatic rings. The van der Waals surface area contributed by atoms with E-state index in [4.69, 9.17) is 16.3 Å². The van der Waals surface area contributed by atoms with E-state index in [-0.39, 0.29) is 17.7 Å². The van der Waals surface area contributed by atoms with Crippen LogP contribution in [0.1, 0.15) is 18.4 Å². The largest absolute Gasteiger partial charge is 0.493 e. The lowest BCUT2D eigenvalue weighted by atomic mass is 10.1. The number of ether oxygens (including phenoxy) is 1. The van der Waals surface area contributed by atoms with Gasteiger partial charge in [-0.25, -0.2) is 8.42 Å². The number of sulfone groups is 1. The van der Waals surface area contributed by atoms with Gasteiger partial charge in [-0.05, 0) is 49.6 Å². The molecule has 1 saturated carbocycles. The molecule has 1 aromatic heterocycles. The van der Waals surface area contributed by atoms with Gasteiger partial charge in [-0.1, -0.05) is 17.7 Å². The summed E-state index contributed by atoms with van der Waals surface area (Å²) in [6.45, 7) is 1.69. The summed E-state index contributed by atoms with van der Waals surface area (Å²) >= 11 is 6.28. The van der Waals surface area contributed by atoms with Crippen LogP contribution in [-0.4, -0.2) is 36.9 Å². The molecule has 0 N–H and O–H groups in total. The maximum Gasteiger partial charge on any atom is 0.197 e. The fourth-order valence-electron chi connectivity index (χ4n) is 3.67. The van der Waals surface area contributed by atoms with E-state index >= 15 is 0 Å². The van der Waals surface area contributed by atoms with Gasteiger partial charge in [0.25, 0.3) is 0 Å². The Morgan fingerprint density at radius 1 is 1.21 bits per heavy atom. The summed E-state index contributed by atoms with van der Waals surface area (Å²) in [7, 11) is -2.00. The number of carbonyl (C=O) groups excluding carboxylic acids is 1. The first-order valence-electron chi connectivity index (χ1n) is 9.25. The third kappa shape index (κ3) is 3.53. The number of carbonyl (C=O) groups is 1. The zero-order chi connectivity index (χ0) is 20.9. The van der Waals surface area contributed by atoms with Crippen molar-refractivity contribution in [3.63, 3.8) is 0 Å². The summed E-state index contributed by atoms with van der Waals surface area (Å²) in [5.41, 5.74) is 1.64. The Hall–Kier alpha value is -2.38. The van der Waals surface area contributed by atoms with E-state index in [1.165, 1.54) is 7.11 Å². The molecule has 0 amide bonds. The minimum Gasteiger partial charge on any atom is -0.493 e. The fourth-order valence-corrected chi connectivity index (χ4v) is 5.53. The number of rotatable bonds is 6. The van der Waals surface area contributed by atoms with Crippen LogP contribution >= 0.6 is 11.6 Å². The van der Waals surface area contributed by atoms with Crippen molar-refractivity contribution in [1.82, 2.24) is 4.57 Å². The second kappa shape index (κ2) is 7.15. The molecular formula is C21H20ClNO5S. The molecule has 0 aliphatic heterocycles. The second-order valence-corrected chi connectivity index (χ2v) is 10.1. The van der Waals surface area contributed by atoms with E-state index in [0.717, 1.165) is 5.56 Å². The van der Waals surface area contributed by atoms with Gasteiger partial charge in [-0.2, -0.15) is 0 Å². The van der Waals surface area contributed by atoms with Crippen molar-refractivity contribution in [2.45, 2.75) is 31.6 Å². The number of pyridine rings is 1. The van der Waals surface area contributed by atoms with E-state index in [2.05, 4.69) is 0 Å². The van der Waals surface area contributed by atoms with Gasteiger partial charge >= 0.3 is 0 Å².